The number of nitrogens with one attached hydrogen (secondary N) is 1. The van der Waals surface area contributed by atoms with E-state index in [0.29, 0.717) is 11.1 Å². The van der Waals surface area contributed by atoms with E-state index in [2.05, 4.69) is 11.9 Å². The van der Waals surface area contributed by atoms with Crippen molar-refractivity contribution in [2.75, 3.05) is 5.73 Å². The van der Waals surface area contributed by atoms with Crippen LogP contribution < -0.4 is 11.1 Å². The molecule has 0 saturated heterocycles. The zero-order valence-corrected chi connectivity index (χ0v) is 11.4. The maximum absolute atomic E-state index is 13.5. The van der Waals surface area contributed by atoms with Crippen molar-refractivity contribution in [1.82, 2.24) is 5.32 Å². The first-order chi connectivity index (χ1) is 8.73. The van der Waals surface area contributed by atoms with E-state index in [4.69, 9.17) is 10.5 Å². The molecule has 0 heterocycles. The Morgan fingerprint density at radius 1 is 1.53 bits per heavy atom. The highest BCUT2D eigenvalue weighted by atomic mass is 19.1. The Hall–Kier alpha value is -2.04. The molecule has 0 fully saturated rings. The molecule has 0 aromatic heterocycles. The summed E-state index contributed by atoms with van der Waals surface area (Å²) >= 11 is 0. The second kappa shape index (κ2) is 5.73. The zero-order chi connectivity index (χ0) is 14.6. The molecule has 5 heteroatoms. The van der Waals surface area contributed by atoms with Gasteiger partial charge in [0.05, 0.1) is 5.69 Å². The number of anilines is 1. The lowest BCUT2D eigenvalue weighted by Crippen LogP contribution is -2.32. The molecule has 1 amide bonds. The number of nitrogen functional groups attached to an aromatic ring is 1. The van der Waals surface area contributed by atoms with Crippen LogP contribution in [0.2, 0.25) is 0 Å². The van der Waals surface area contributed by atoms with E-state index in [1.54, 1.807) is 26.8 Å². The van der Waals surface area contributed by atoms with Gasteiger partial charge in [-0.25, -0.2) is 9.18 Å². The van der Waals surface area contributed by atoms with E-state index in [-0.39, 0.29) is 12.2 Å². The summed E-state index contributed by atoms with van der Waals surface area (Å²) in [5.74, 6) is -0.529. The number of benzene rings is 1. The van der Waals surface area contributed by atoms with E-state index in [1.807, 2.05) is 0 Å². The zero-order valence-electron chi connectivity index (χ0n) is 11.4. The Morgan fingerprint density at radius 3 is 2.68 bits per heavy atom. The van der Waals surface area contributed by atoms with Gasteiger partial charge in [0.15, 0.2) is 0 Å². The van der Waals surface area contributed by atoms with Crippen molar-refractivity contribution >= 4 is 17.9 Å². The van der Waals surface area contributed by atoms with Gasteiger partial charge in [-0.2, -0.15) is 0 Å². The van der Waals surface area contributed by atoms with Gasteiger partial charge >= 0.3 is 6.09 Å². The number of rotatable bonds is 3. The molecule has 0 aliphatic carbocycles. The fourth-order valence-electron chi connectivity index (χ4n) is 1.46. The molecule has 0 aliphatic heterocycles. The van der Waals surface area contributed by atoms with Crippen LogP contribution in [0.3, 0.4) is 0 Å². The summed E-state index contributed by atoms with van der Waals surface area (Å²) in [6.07, 6.45) is 0.917. The van der Waals surface area contributed by atoms with Crippen LogP contribution in [0.4, 0.5) is 14.9 Å². The minimum atomic E-state index is -0.567. The summed E-state index contributed by atoms with van der Waals surface area (Å²) in [5.41, 5.74) is 6.12. The van der Waals surface area contributed by atoms with Crippen molar-refractivity contribution in [3.05, 3.63) is 35.7 Å². The molecule has 3 N–H and O–H groups in total. The molecule has 4 nitrogen and oxygen atoms in total. The number of carbonyl (C=O) groups excluding carboxylic acids is 1. The molecule has 1 rings (SSSR count). The van der Waals surface area contributed by atoms with Crippen molar-refractivity contribution in [2.24, 2.45) is 0 Å². The van der Waals surface area contributed by atoms with Gasteiger partial charge in [-0.05, 0) is 38.5 Å². The highest BCUT2D eigenvalue weighted by molar-refractivity contribution is 5.68. The summed E-state index contributed by atoms with van der Waals surface area (Å²) in [5, 5.41) is 2.55. The Bertz CT molecular complexity index is 493. The average Bonchev–Trinajstić information content (AvgIpc) is 2.28. The SMILES string of the molecule is C=Cc1cc(CNC(=O)OC(C)(C)C)cc(F)c1N. The quantitative estimate of drug-likeness (QED) is 0.826. The minimum Gasteiger partial charge on any atom is -0.444 e. The Morgan fingerprint density at radius 2 is 2.16 bits per heavy atom. The summed E-state index contributed by atoms with van der Waals surface area (Å²) in [6.45, 7) is 9.03. The second-order valence-electron chi connectivity index (χ2n) is 5.14. The number of hydrogen-bond donors (Lipinski definition) is 2. The van der Waals surface area contributed by atoms with Crippen LogP contribution in [0.5, 0.6) is 0 Å². The number of ether oxygens (including phenoxy) is 1. The number of nitrogens with two attached hydrogens (primary N) is 1. The van der Waals surface area contributed by atoms with Gasteiger partial charge in [-0.3, -0.25) is 0 Å². The number of carbonyl (C=O) groups is 1. The first kappa shape index (κ1) is 15.0. The smallest absolute Gasteiger partial charge is 0.407 e. The lowest BCUT2D eigenvalue weighted by atomic mass is 10.1. The lowest BCUT2D eigenvalue weighted by Gasteiger charge is -2.19. The second-order valence-corrected chi connectivity index (χ2v) is 5.14. The molecule has 19 heavy (non-hydrogen) atoms. The highest BCUT2D eigenvalue weighted by Crippen LogP contribution is 2.20. The monoisotopic (exact) mass is 266 g/mol. The van der Waals surface area contributed by atoms with E-state index in [9.17, 15) is 9.18 Å². The average molecular weight is 266 g/mol. The van der Waals surface area contributed by atoms with Gasteiger partial charge in [-0.15, -0.1) is 0 Å². The third-order valence-electron chi connectivity index (χ3n) is 2.28. The molecule has 104 valence electrons. The number of alkyl carbamates (subject to hydrolysis) is 1. The fraction of sp³-hybridized carbons (Fsp3) is 0.357. The Kier molecular flexibility index (Phi) is 4.53. The third-order valence-corrected chi connectivity index (χ3v) is 2.28. The highest BCUT2D eigenvalue weighted by Gasteiger charge is 2.16. The summed E-state index contributed by atoms with van der Waals surface area (Å²) in [6, 6.07) is 2.95. The summed E-state index contributed by atoms with van der Waals surface area (Å²) in [4.78, 5) is 11.5. The van der Waals surface area contributed by atoms with Gasteiger partial charge < -0.3 is 15.8 Å². The molecule has 0 saturated carbocycles. The van der Waals surface area contributed by atoms with Gasteiger partial charge in [0, 0.05) is 12.1 Å². The van der Waals surface area contributed by atoms with Crippen molar-refractivity contribution in [3.63, 3.8) is 0 Å². The van der Waals surface area contributed by atoms with Gasteiger partial charge in [0.25, 0.3) is 0 Å². The molecule has 0 bridgehead atoms. The van der Waals surface area contributed by atoms with Crippen molar-refractivity contribution in [3.8, 4) is 0 Å². The first-order valence-corrected chi connectivity index (χ1v) is 5.90. The number of halogens is 1. The number of amides is 1. The molecule has 0 spiro atoms. The molecule has 1 aromatic carbocycles. The standard InChI is InChI=1S/C14H19FN2O2/c1-5-10-6-9(7-11(15)12(10)16)8-17-13(18)19-14(2,3)4/h5-7H,1,8,16H2,2-4H3,(H,17,18). The Labute approximate surface area is 112 Å². The first-order valence-electron chi connectivity index (χ1n) is 5.90. The van der Waals surface area contributed by atoms with Crippen LogP contribution in [0.15, 0.2) is 18.7 Å². The van der Waals surface area contributed by atoms with Crippen LogP contribution in [-0.4, -0.2) is 11.7 Å². The predicted molar refractivity (Wildman–Crippen MR) is 74.0 cm³/mol. The van der Waals surface area contributed by atoms with Gasteiger partial charge in [0.1, 0.15) is 11.4 Å². The maximum atomic E-state index is 13.5. The summed E-state index contributed by atoms with van der Waals surface area (Å²) < 4.78 is 18.6. The molecular formula is C14H19FN2O2. The number of hydrogen-bond acceptors (Lipinski definition) is 3. The summed E-state index contributed by atoms with van der Waals surface area (Å²) in [7, 11) is 0. The predicted octanol–water partition coefficient (Wildman–Crippen LogP) is 3.08. The minimum absolute atomic E-state index is 0.0519. The van der Waals surface area contributed by atoms with Crippen LogP contribution >= 0.6 is 0 Å². The third kappa shape index (κ3) is 4.62. The van der Waals surface area contributed by atoms with E-state index < -0.39 is 17.5 Å². The van der Waals surface area contributed by atoms with Crippen molar-refractivity contribution in [2.45, 2.75) is 32.9 Å². The molecule has 0 atom stereocenters. The van der Waals surface area contributed by atoms with Crippen molar-refractivity contribution in [1.29, 1.82) is 0 Å². The molecule has 0 unspecified atom stereocenters. The Balaban J connectivity index is 2.71. The van der Waals surface area contributed by atoms with Crippen LogP contribution in [0, 0.1) is 5.82 Å². The molecule has 0 radical (unpaired) electrons. The van der Waals surface area contributed by atoms with E-state index in [0.717, 1.165) is 0 Å². The molecular weight excluding hydrogens is 247 g/mol. The normalized spacial score (nSPS) is 10.9. The van der Waals surface area contributed by atoms with Gasteiger partial charge in [-0.1, -0.05) is 12.7 Å². The lowest BCUT2D eigenvalue weighted by molar-refractivity contribution is 0.0523. The van der Waals surface area contributed by atoms with Crippen LogP contribution in [-0.2, 0) is 11.3 Å². The van der Waals surface area contributed by atoms with Gasteiger partial charge in [0.2, 0.25) is 0 Å². The van der Waals surface area contributed by atoms with E-state index in [1.165, 1.54) is 12.1 Å². The fourth-order valence-corrected chi connectivity index (χ4v) is 1.46. The molecule has 0 aliphatic rings. The molecule has 1 aromatic rings. The maximum Gasteiger partial charge on any atom is 0.407 e. The van der Waals surface area contributed by atoms with Crippen LogP contribution in [0.1, 0.15) is 31.9 Å². The van der Waals surface area contributed by atoms with Crippen LogP contribution in [0.25, 0.3) is 6.08 Å². The van der Waals surface area contributed by atoms with Crippen molar-refractivity contribution < 1.29 is 13.9 Å². The topological polar surface area (TPSA) is 64.3 Å². The largest absolute Gasteiger partial charge is 0.444 e. The van der Waals surface area contributed by atoms with E-state index >= 15 is 0 Å².